The lowest BCUT2D eigenvalue weighted by atomic mass is 10.0. The van der Waals surface area contributed by atoms with Crippen molar-refractivity contribution in [2.75, 3.05) is 0 Å². The molecule has 3 rings (SSSR count). The highest BCUT2D eigenvalue weighted by Gasteiger charge is 2.18. The molecule has 3 aromatic rings. The average Bonchev–Trinajstić information content (AvgIpc) is 2.91. The lowest BCUT2D eigenvalue weighted by Crippen LogP contribution is -2.13. The van der Waals surface area contributed by atoms with Crippen molar-refractivity contribution in [1.82, 2.24) is 15.0 Å². The molecule has 2 aromatic heterocycles. The highest BCUT2D eigenvalue weighted by molar-refractivity contribution is 5.99. The molecular formula is C14H12FN5O. The maximum absolute atomic E-state index is 14.5. The Kier molecular flexibility index (Phi) is 3.11. The van der Waals surface area contributed by atoms with Crippen LogP contribution in [0, 0.1) is 5.82 Å². The standard InChI is InChI=1S/C14H12FN5O/c15-12-7(2-1-3-8(12)13(17)21)9-5-18-14-11(9)10(4-16)19-6-20-14/h1-3,5-6H,4,16H2,(H2,17,21)(H,18,19,20). The molecule has 1 aromatic carbocycles. The smallest absolute Gasteiger partial charge is 0.251 e. The number of hydrogen-bond donors (Lipinski definition) is 3. The predicted octanol–water partition coefficient (Wildman–Crippen LogP) is 1.32. The topological polar surface area (TPSA) is 111 Å². The summed E-state index contributed by atoms with van der Waals surface area (Å²) >= 11 is 0. The van der Waals surface area contributed by atoms with Crippen LogP contribution in [0.3, 0.4) is 0 Å². The third-order valence-electron chi connectivity index (χ3n) is 3.30. The first kappa shape index (κ1) is 13.2. The molecule has 0 atom stereocenters. The molecule has 0 saturated heterocycles. The van der Waals surface area contributed by atoms with E-state index in [2.05, 4.69) is 15.0 Å². The zero-order chi connectivity index (χ0) is 15.0. The Morgan fingerprint density at radius 2 is 2.10 bits per heavy atom. The summed E-state index contributed by atoms with van der Waals surface area (Å²) in [4.78, 5) is 22.4. The molecule has 0 saturated carbocycles. The number of nitrogens with zero attached hydrogens (tertiary/aromatic N) is 2. The Bertz CT molecular complexity index is 842. The van der Waals surface area contributed by atoms with Gasteiger partial charge in [0.05, 0.1) is 11.3 Å². The number of amides is 1. The van der Waals surface area contributed by atoms with Crippen LogP contribution >= 0.6 is 0 Å². The van der Waals surface area contributed by atoms with E-state index in [-0.39, 0.29) is 17.7 Å². The molecule has 1 amide bonds. The minimum absolute atomic E-state index is 0.159. The van der Waals surface area contributed by atoms with Crippen molar-refractivity contribution in [3.8, 4) is 11.1 Å². The van der Waals surface area contributed by atoms with Gasteiger partial charge in [0.2, 0.25) is 0 Å². The van der Waals surface area contributed by atoms with Crippen LogP contribution in [0.2, 0.25) is 0 Å². The fourth-order valence-electron chi connectivity index (χ4n) is 2.32. The van der Waals surface area contributed by atoms with E-state index in [1.807, 2.05) is 0 Å². The molecule has 0 bridgehead atoms. The summed E-state index contributed by atoms with van der Waals surface area (Å²) in [6, 6.07) is 4.48. The zero-order valence-corrected chi connectivity index (χ0v) is 10.9. The number of rotatable bonds is 3. The van der Waals surface area contributed by atoms with Gasteiger partial charge in [0, 0.05) is 29.3 Å². The number of nitrogens with one attached hydrogen (secondary N) is 1. The van der Waals surface area contributed by atoms with E-state index in [0.717, 1.165) is 0 Å². The number of fused-ring (bicyclic) bond motifs is 1. The van der Waals surface area contributed by atoms with Crippen LogP contribution in [-0.4, -0.2) is 20.9 Å². The van der Waals surface area contributed by atoms with Crippen molar-refractivity contribution < 1.29 is 9.18 Å². The molecule has 7 heteroatoms. The summed E-state index contributed by atoms with van der Waals surface area (Å²) in [7, 11) is 0. The molecule has 0 aliphatic carbocycles. The fourth-order valence-corrected chi connectivity index (χ4v) is 2.32. The van der Waals surface area contributed by atoms with E-state index in [1.54, 1.807) is 18.3 Å². The number of nitrogens with two attached hydrogens (primary N) is 2. The van der Waals surface area contributed by atoms with Crippen LogP contribution in [0.15, 0.2) is 30.7 Å². The van der Waals surface area contributed by atoms with Crippen LogP contribution in [0.25, 0.3) is 22.2 Å². The summed E-state index contributed by atoms with van der Waals surface area (Å²) in [5, 5.41) is 0.639. The number of hydrogen-bond acceptors (Lipinski definition) is 4. The van der Waals surface area contributed by atoms with E-state index in [0.29, 0.717) is 22.3 Å². The van der Waals surface area contributed by atoms with Gasteiger partial charge in [-0.1, -0.05) is 12.1 Å². The second-order valence-electron chi connectivity index (χ2n) is 4.48. The number of benzene rings is 1. The number of carbonyl (C=O) groups excluding carboxylic acids is 1. The van der Waals surface area contributed by atoms with Crippen molar-refractivity contribution in [1.29, 1.82) is 0 Å². The van der Waals surface area contributed by atoms with Gasteiger partial charge >= 0.3 is 0 Å². The maximum Gasteiger partial charge on any atom is 0.251 e. The first-order valence-electron chi connectivity index (χ1n) is 6.23. The lowest BCUT2D eigenvalue weighted by Gasteiger charge is -2.06. The Morgan fingerprint density at radius 3 is 2.81 bits per heavy atom. The third kappa shape index (κ3) is 2.03. The first-order valence-corrected chi connectivity index (χ1v) is 6.23. The van der Waals surface area contributed by atoms with Gasteiger partial charge in [-0.15, -0.1) is 0 Å². The quantitative estimate of drug-likeness (QED) is 0.674. The Balaban J connectivity index is 2.31. The number of halogens is 1. The Hall–Kier alpha value is -2.80. The average molecular weight is 285 g/mol. The fraction of sp³-hybridized carbons (Fsp3) is 0.0714. The monoisotopic (exact) mass is 285 g/mol. The van der Waals surface area contributed by atoms with Crippen LogP contribution in [-0.2, 0) is 6.54 Å². The van der Waals surface area contributed by atoms with Crippen LogP contribution in [0.5, 0.6) is 0 Å². The van der Waals surface area contributed by atoms with Gasteiger partial charge in [-0.3, -0.25) is 4.79 Å². The molecule has 5 N–H and O–H groups in total. The van der Waals surface area contributed by atoms with Gasteiger partial charge in [0.25, 0.3) is 5.91 Å². The molecule has 0 aliphatic heterocycles. The summed E-state index contributed by atoms with van der Waals surface area (Å²) in [6.07, 6.45) is 3.00. The molecule has 0 spiro atoms. The Labute approximate surface area is 119 Å². The van der Waals surface area contributed by atoms with Crippen molar-refractivity contribution in [3.63, 3.8) is 0 Å². The van der Waals surface area contributed by atoms with Crippen molar-refractivity contribution in [2.45, 2.75) is 6.54 Å². The minimum Gasteiger partial charge on any atom is -0.366 e. The van der Waals surface area contributed by atoms with E-state index in [9.17, 15) is 9.18 Å². The number of primary amides is 1. The van der Waals surface area contributed by atoms with E-state index in [4.69, 9.17) is 11.5 Å². The highest BCUT2D eigenvalue weighted by atomic mass is 19.1. The number of carbonyl (C=O) groups is 1. The largest absolute Gasteiger partial charge is 0.366 e. The zero-order valence-electron chi connectivity index (χ0n) is 10.9. The van der Waals surface area contributed by atoms with Crippen LogP contribution in [0.4, 0.5) is 4.39 Å². The second-order valence-corrected chi connectivity index (χ2v) is 4.48. The molecule has 0 unspecified atom stereocenters. The highest BCUT2D eigenvalue weighted by Crippen LogP contribution is 2.32. The molecule has 21 heavy (non-hydrogen) atoms. The van der Waals surface area contributed by atoms with Crippen LogP contribution < -0.4 is 11.5 Å². The van der Waals surface area contributed by atoms with Crippen molar-refractivity contribution >= 4 is 16.9 Å². The molecular weight excluding hydrogens is 273 g/mol. The van der Waals surface area contributed by atoms with Gasteiger partial charge in [0.1, 0.15) is 17.8 Å². The van der Waals surface area contributed by atoms with E-state index >= 15 is 0 Å². The number of aromatic amines is 1. The lowest BCUT2D eigenvalue weighted by molar-refractivity contribution is 0.0996. The molecule has 2 heterocycles. The normalized spacial score (nSPS) is 11.0. The van der Waals surface area contributed by atoms with Gasteiger partial charge < -0.3 is 16.5 Å². The van der Waals surface area contributed by atoms with Gasteiger partial charge in [-0.2, -0.15) is 0 Å². The molecule has 106 valence electrons. The summed E-state index contributed by atoms with van der Waals surface area (Å²) in [5.74, 6) is -1.48. The summed E-state index contributed by atoms with van der Waals surface area (Å²) < 4.78 is 14.5. The van der Waals surface area contributed by atoms with E-state index in [1.165, 1.54) is 12.4 Å². The third-order valence-corrected chi connectivity index (χ3v) is 3.30. The molecule has 0 radical (unpaired) electrons. The van der Waals surface area contributed by atoms with Crippen molar-refractivity contribution in [2.24, 2.45) is 11.5 Å². The second kappa shape index (κ2) is 4.95. The SMILES string of the molecule is NCc1ncnc2[nH]cc(-c3cccc(C(N)=O)c3F)c12. The minimum atomic E-state index is -0.815. The number of H-pyrrole nitrogens is 1. The van der Waals surface area contributed by atoms with Crippen LogP contribution in [0.1, 0.15) is 16.1 Å². The summed E-state index contributed by atoms with van der Waals surface area (Å²) in [5.41, 5.74) is 12.6. The molecule has 6 nitrogen and oxygen atoms in total. The Morgan fingerprint density at radius 1 is 1.29 bits per heavy atom. The maximum atomic E-state index is 14.5. The number of aromatic nitrogens is 3. The van der Waals surface area contributed by atoms with Gasteiger partial charge in [-0.25, -0.2) is 14.4 Å². The van der Waals surface area contributed by atoms with Gasteiger partial charge in [-0.05, 0) is 6.07 Å². The van der Waals surface area contributed by atoms with Gasteiger partial charge in [0.15, 0.2) is 0 Å². The van der Waals surface area contributed by atoms with Crippen molar-refractivity contribution in [3.05, 3.63) is 47.8 Å². The van der Waals surface area contributed by atoms with E-state index < -0.39 is 11.7 Å². The summed E-state index contributed by atoms with van der Waals surface area (Å²) in [6.45, 7) is 0.195. The molecule has 0 fully saturated rings. The molecule has 0 aliphatic rings. The first-order chi connectivity index (χ1) is 10.1. The predicted molar refractivity (Wildman–Crippen MR) is 75.7 cm³/mol.